The van der Waals surface area contributed by atoms with E-state index in [1.807, 2.05) is 24.3 Å². The van der Waals surface area contributed by atoms with E-state index < -0.39 is 5.60 Å². The van der Waals surface area contributed by atoms with Gasteiger partial charge in [0.1, 0.15) is 5.75 Å². The number of benzene rings is 2. The van der Waals surface area contributed by atoms with Crippen LogP contribution in [-0.2, 0) is 5.60 Å². The lowest BCUT2D eigenvalue weighted by atomic mass is 9.95. The van der Waals surface area contributed by atoms with Gasteiger partial charge in [-0.15, -0.1) is 0 Å². The summed E-state index contributed by atoms with van der Waals surface area (Å²) in [4.78, 5) is 16.1. The molecule has 142 valence electrons. The number of methoxy groups -OCH3 is 1. The number of nitrogens with one attached hydrogen (secondary N) is 1. The molecule has 2 heterocycles. The van der Waals surface area contributed by atoms with Crippen LogP contribution in [0.15, 0.2) is 64.0 Å². The number of ether oxygens (including phenoxy) is 1. The van der Waals surface area contributed by atoms with Gasteiger partial charge in [-0.2, -0.15) is 0 Å². The number of fused-ring (bicyclic) bond motifs is 1. The Hall–Kier alpha value is -3.38. The van der Waals surface area contributed by atoms with Crippen LogP contribution in [0.3, 0.4) is 0 Å². The van der Waals surface area contributed by atoms with Crippen molar-refractivity contribution in [1.29, 1.82) is 0 Å². The molecule has 4 aromatic rings. The summed E-state index contributed by atoms with van der Waals surface area (Å²) in [5, 5.41) is 14.5. The van der Waals surface area contributed by atoms with E-state index in [4.69, 9.17) is 9.26 Å². The van der Waals surface area contributed by atoms with E-state index in [0.717, 1.165) is 11.1 Å². The summed E-state index contributed by atoms with van der Waals surface area (Å²) in [7, 11) is 1.57. The maximum atomic E-state index is 12.8. The van der Waals surface area contributed by atoms with Crippen LogP contribution in [0.2, 0.25) is 0 Å². The monoisotopic (exact) mass is 376 g/mol. The summed E-state index contributed by atoms with van der Waals surface area (Å²) in [6, 6.07) is 14.3. The van der Waals surface area contributed by atoms with Crippen molar-refractivity contribution < 1.29 is 14.4 Å². The topological polar surface area (TPSA) is 88.4 Å². The highest BCUT2D eigenvalue weighted by Crippen LogP contribution is 2.33. The molecule has 2 aromatic heterocycles. The van der Waals surface area contributed by atoms with Crippen molar-refractivity contribution in [2.45, 2.75) is 19.4 Å². The average molecular weight is 376 g/mol. The number of aromatic amines is 1. The zero-order valence-electron chi connectivity index (χ0n) is 15.8. The van der Waals surface area contributed by atoms with E-state index in [2.05, 4.69) is 10.1 Å². The van der Waals surface area contributed by atoms with Crippen LogP contribution in [0, 0.1) is 0 Å². The molecule has 2 N–H and O–H groups in total. The van der Waals surface area contributed by atoms with Crippen molar-refractivity contribution in [3.63, 3.8) is 0 Å². The third-order valence-corrected chi connectivity index (χ3v) is 4.73. The Bertz CT molecular complexity index is 1200. The third-order valence-electron chi connectivity index (χ3n) is 4.73. The van der Waals surface area contributed by atoms with Gasteiger partial charge in [-0.1, -0.05) is 23.4 Å². The van der Waals surface area contributed by atoms with Crippen molar-refractivity contribution in [2.24, 2.45) is 0 Å². The predicted molar refractivity (Wildman–Crippen MR) is 107 cm³/mol. The number of rotatable bonds is 4. The lowest BCUT2D eigenvalue weighted by molar-refractivity contribution is 0.0786. The second-order valence-corrected chi connectivity index (χ2v) is 7.16. The van der Waals surface area contributed by atoms with Gasteiger partial charge in [-0.3, -0.25) is 4.79 Å². The number of aromatic nitrogens is 2. The van der Waals surface area contributed by atoms with Gasteiger partial charge >= 0.3 is 0 Å². The molecule has 4 rings (SSSR count). The Morgan fingerprint density at radius 2 is 1.96 bits per heavy atom. The second-order valence-electron chi connectivity index (χ2n) is 7.16. The Kier molecular flexibility index (Phi) is 4.28. The van der Waals surface area contributed by atoms with Gasteiger partial charge in [-0.25, -0.2) is 0 Å². The molecule has 6 nitrogen and oxygen atoms in total. The standard InChI is InChI=1S/C22H20N2O4/c1-22(2,26)14-6-4-5-13(9-14)17-11-19(25)15-10-16(20-7-8-23-28-20)21(27-3)12-18(15)24-17/h4-12,26H,1-3H3,(H,24,25). The predicted octanol–water partition coefficient (Wildman–Crippen LogP) is 4.09. The molecular weight excluding hydrogens is 356 g/mol. The van der Waals surface area contributed by atoms with E-state index >= 15 is 0 Å². The van der Waals surface area contributed by atoms with Gasteiger partial charge in [0, 0.05) is 29.3 Å². The molecule has 0 atom stereocenters. The number of hydrogen-bond donors (Lipinski definition) is 2. The fourth-order valence-corrected chi connectivity index (χ4v) is 3.22. The number of hydrogen-bond acceptors (Lipinski definition) is 5. The van der Waals surface area contributed by atoms with Crippen molar-refractivity contribution in [1.82, 2.24) is 10.1 Å². The smallest absolute Gasteiger partial charge is 0.190 e. The quantitative estimate of drug-likeness (QED) is 0.560. The highest BCUT2D eigenvalue weighted by atomic mass is 16.5. The largest absolute Gasteiger partial charge is 0.496 e. The van der Waals surface area contributed by atoms with E-state index in [-0.39, 0.29) is 5.43 Å². The number of nitrogens with zero attached hydrogens (tertiary/aromatic N) is 1. The lowest BCUT2D eigenvalue weighted by Crippen LogP contribution is -2.15. The SMILES string of the molecule is COc1cc2[nH]c(-c3cccc(C(C)(C)O)c3)cc(=O)c2cc1-c1ccno1. The molecule has 0 aliphatic rings. The van der Waals surface area contributed by atoms with Crippen LogP contribution in [0.25, 0.3) is 33.5 Å². The van der Waals surface area contributed by atoms with Gasteiger partial charge in [0.05, 0.1) is 30.0 Å². The summed E-state index contributed by atoms with van der Waals surface area (Å²) in [6.07, 6.45) is 1.54. The van der Waals surface area contributed by atoms with E-state index in [1.54, 1.807) is 51.4 Å². The Labute approximate surface area is 161 Å². The molecule has 0 spiro atoms. The van der Waals surface area contributed by atoms with Crippen LogP contribution in [0.1, 0.15) is 19.4 Å². The highest BCUT2D eigenvalue weighted by molar-refractivity contribution is 5.88. The van der Waals surface area contributed by atoms with Gasteiger partial charge in [0.25, 0.3) is 0 Å². The number of pyridine rings is 1. The molecule has 0 saturated carbocycles. The molecule has 0 aliphatic heterocycles. The zero-order valence-corrected chi connectivity index (χ0v) is 15.8. The summed E-state index contributed by atoms with van der Waals surface area (Å²) in [6.45, 7) is 3.45. The van der Waals surface area contributed by atoms with Gasteiger partial charge in [-0.05, 0) is 37.1 Å². The Morgan fingerprint density at radius 1 is 1.14 bits per heavy atom. The molecule has 6 heteroatoms. The molecule has 2 aromatic carbocycles. The molecular formula is C22H20N2O4. The van der Waals surface area contributed by atoms with Gasteiger partial charge in [0.15, 0.2) is 11.2 Å². The lowest BCUT2D eigenvalue weighted by Gasteiger charge is -2.18. The Balaban J connectivity index is 1.90. The molecule has 0 bridgehead atoms. The Morgan fingerprint density at radius 3 is 2.64 bits per heavy atom. The second kappa shape index (κ2) is 6.65. The van der Waals surface area contributed by atoms with E-state index in [9.17, 15) is 9.90 Å². The fraction of sp³-hybridized carbons (Fsp3) is 0.182. The zero-order chi connectivity index (χ0) is 19.9. The molecule has 0 radical (unpaired) electrons. The van der Waals surface area contributed by atoms with Crippen molar-refractivity contribution >= 4 is 10.9 Å². The molecule has 0 fully saturated rings. The minimum atomic E-state index is -0.970. The van der Waals surface area contributed by atoms with Crippen molar-refractivity contribution in [3.05, 3.63) is 70.5 Å². The number of aliphatic hydroxyl groups is 1. The first-order valence-electron chi connectivity index (χ1n) is 8.86. The van der Waals surface area contributed by atoms with Crippen LogP contribution >= 0.6 is 0 Å². The summed E-state index contributed by atoms with van der Waals surface area (Å²) >= 11 is 0. The molecule has 0 amide bonds. The van der Waals surface area contributed by atoms with Crippen molar-refractivity contribution in [2.75, 3.05) is 7.11 Å². The molecule has 28 heavy (non-hydrogen) atoms. The molecule has 0 unspecified atom stereocenters. The summed E-state index contributed by atoms with van der Waals surface area (Å²) in [5.41, 5.74) is 2.47. The van der Waals surface area contributed by atoms with Crippen molar-refractivity contribution in [3.8, 4) is 28.3 Å². The van der Waals surface area contributed by atoms with E-state index in [1.165, 1.54) is 0 Å². The summed E-state index contributed by atoms with van der Waals surface area (Å²) in [5.74, 6) is 1.10. The molecule has 0 saturated heterocycles. The highest BCUT2D eigenvalue weighted by Gasteiger charge is 2.17. The first-order chi connectivity index (χ1) is 13.4. The third kappa shape index (κ3) is 3.18. The molecule has 0 aliphatic carbocycles. The summed E-state index contributed by atoms with van der Waals surface area (Å²) < 4.78 is 10.7. The minimum Gasteiger partial charge on any atom is -0.496 e. The minimum absolute atomic E-state index is 0.124. The van der Waals surface area contributed by atoms with E-state index in [0.29, 0.717) is 33.7 Å². The van der Waals surface area contributed by atoms with Crippen LogP contribution in [0.5, 0.6) is 5.75 Å². The first-order valence-corrected chi connectivity index (χ1v) is 8.86. The van der Waals surface area contributed by atoms with Crippen LogP contribution in [0.4, 0.5) is 0 Å². The van der Waals surface area contributed by atoms with Crippen LogP contribution in [-0.4, -0.2) is 22.4 Å². The maximum Gasteiger partial charge on any atom is 0.190 e. The van der Waals surface area contributed by atoms with Crippen LogP contribution < -0.4 is 10.2 Å². The first kappa shape index (κ1) is 18.0. The fourth-order valence-electron chi connectivity index (χ4n) is 3.22. The maximum absolute atomic E-state index is 12.8. The normalized spacial score (nSPS) is 11.7. The number of H-pyrrole nitrogens is 1. The van der Waals surface area contributed by atoms with Gasteiger partial charge in [0.2, 0.25) is 0 Å². The van der Waals surface area contributed by atoms with Gasteiger partial charge < -0.3 is 19.4 Å². The average Bonchev–Trinajstić information content (AvgIpc) is 3.21.